The monoisotopic (exact) mass is 238 g/mol. The summed E-state index contributed by atoms with van der Waals surface area (Å²) in [6.07, 6.45) is -0.724. The largest absolute Gasteiger partial charge is 0.459 e. The molecule has 0 aliphatic rings. The van der Waals surface area contributed by atoms with Crippen LogP contribution < -0.4 is 4.90 Å². The number of ether oxygens (including phenoxy) is 1. The maximum absolute atomic E-state index is 11.5. The lowest BCUT2D eigenvalue weighted by atomic mass is 10.2. The van der Waals surface area contributed by atoms with Crippen molar-refractivity contribution in [3.8, 4) is 0 Å². The molecule has 17 heavy (non-hydrogen) atoms. The summed E-state index contributed by atoms with van der Waals surface area (Å²) in [5, 5.41) is 23.5. The maximum Gasteiger partial charge on any atom is 0.338 e. The Morgan fingerprint density at radius 1 is 1.71 bits per heavy atom. The van der Waals surface area contributed by atoms with E-state index in [9.17, 15) is 10.0 Å². The number of benzene rings is 1. The molecule has 7 heteroatoms. The minimum atomic E-state index is -0.724. The number of rotatable bonds is 3. The van der Waals surface area contributed by atoms with Gasteiger partial charge in [-0.05, 0) is 24.0 Å². The van der Waals surface area contributed by atoms with Crippen molar-refractivity contribution >= 4 is 17.0 Å². The first kappa shape index (κ1) is 11.3. The molecular weight excluding hydrogens is 228 g/mol. The Morgan fingerprint density at radius 2 is 2.47 bits per heavy atom. The van der Waals surface area contributed by atoms with Crippen LogP contribution in [-0.4, -0.2) is 28.9 Å². The van der Waals surface area contributed by atoms with Crippen LogP contribution in [0, 0.1) is 5.21 Å². The van der Waals surface area contributed by atoms with E-state index in [0.29, 0.717) is 0 Å². The summed E-state index contributed by atoms with van der Waals surface area (Å²) in [5.41, 5.74) is 0.746. The summed E-state index contributed by atoms with van der Waals surface area (Å²) in [6.45, 7) is 1.42. The maximum atomic E-state index is 11.5. The third-order valence-electron chi connectivity index (χ3n) is 2.08. The Morgan fingerprint density at radius 3 is 3.18 bits per heavy atom. The predicted molar refractivity (Wildman–Crippen MR) is 54.9 cm³/mol. The van der Waals surface area contributed by atoms with Crippen molar-refractivity contribution in [1.29, 1.82) is 0 Å². The molecule has 7 nitrogen and oxygen atoms in total. The lowest BCUT2D eigenvalue weighted by Crippen LogP contribution is -2.22. The third kappa shape index (κ3) is 2.34. The molecule has 1 N–H and O–H groups in total. The molecule has 0 aliphatic carbocycles. The van der Waals surface area contributed by atoms with E-state index < -0.39 is 12.1 Å². The molecule has 90 valence electrons. The zero-order valence-electron chi connectivity index (χ0n) is 8.99. The standard InChI is InChI=1S/C10H10N2O5/c1-6(13)5-16-10(14)7-2-3-9-8(4-7)11-17-12(9)15/h2-4,6,13H,5H2,1H3. The highest BCUT2D eigenvalue weighted by Crippen LogP contribution is 2.11. The van der Waals surface area contributed by atoms with Gasteiger partial charge in [0.2, 0.25) is 11.0 Å². The molecule has 0 fully saturated rings. The molecule has 2 rings (SSSR count). The molecule has 1 atom stereocenters. The molecule has 0 radical (unpaired) electrons. The van der Waals surface area contributed by atoms with Gasteiger partial charge in [0.1, 0.15) is 6.61 Å². The number of aromatic nitrogens is 2. The molecule has 1 aromatic carbocycles. The highest BCUT2D eigenvalue weighted by Gasteiger charge is 2.14. The van der Waals surface area contributed by atoms with Crippen LogP contribution in [0.3, 0.4) is 0 Å². The summed E-state index contributed by atoms with van der Waals surface area (Å²) in [6, 6.07) is 4.23. The third-order valence-corrected chi connectivity index (χ3v) is 2.08. The Labute approximate surface area is 95.7 Å². The van der Waals surface area contributed by atoms with E-state index in [-0.39, 0.29) is 28.1 Å². The number of fused-ring (bicyclic) bond motifs is 1. The van der Waals surface area contributed by atoms with Gasteiger partial charge in [-0.2, -0.15) is 0 Å². The molecule has 0 aliphatic heterocycles. The van der Waals surface area contributed by atoms with E-state index in [1.54, 1.807) is 0 Å². The van der Waals surface area contributed by atoms with Crippen molar-refractivity contribution in [3.05, 3.63) is 29.0 Å². The second-order valence-corrected chi connectivity index (χ2v) is 3.58. The van der Waals surface area contributed by atoms with E-state index in [2.05, 4.69) is 9.79 Å². The molecule has 0 bridgehead atoms. The van der Waals surface area contributed by atoms with Crippen molar-refractivity contribution in [3.63, 3.8) is 0 Å². The molecule has 0 saturated heterocycles. The van der Waals surface area contributed by atoms with Crippen LogP contribution in [0.15, 0.2) is 22.8 Å². The zero-order chi connectivity index (χ0) is 12.4. The number of aliphatic hydroxyl groups excluding tert-OH is 1. The van der Waals surface area contributed by atoms with Crippen LogP contribution in [0.5, 0.6) is 0 Å². The highest BCUT2D eigenvalue weighted by atomic mass is 16.8. The molecule has 1 unspecified atom stereocenters. The second kappa shape index (κ2) is 4.38. The summed E-state index contributed by atoms with van der Waals surface area (Å²) >= 11 is 0. The first-order valence-corrected chi connectivity index (χ1v) is 4.92. The van der Waals surface area contributed by atoms with Crippen LogP contribution in [-0.2, 0) is 4.74 Å². The van der Waals surface area contributed by atoms with Gasteiger partial charge in [0.15, 0.2) is 0 Å². The highest BCUT2D eigenvalue weighted by molar-refractivity contribution is 5.92. The number of carbonyl (C=O) groups is 1. The molecule has 1 heterocycles. The van der Waals surface area contributed by atoms with Gasteiger partial charge in [-0.1, -0.05) is 0 Å². The Kier molecular flexibility index (Phi) is 2.92. The van der Waals surface area contributed by atoms with E-state index in [1.165, 1.54) is 25.1 Å². The average Bonchev–Trinajstić information content (AvgIpc) is 2.67. The molecule has 1 aromatic heterocycles. The van der Waals surface area contributed by atoms with Crippen molar-refractivity contribution in [1.82, 2.24) is 5.16 Å². The van der Waals surface area contributed by atoms with Gasteiger partial charge in [-0.15, -0.1) is 0 Å². The number of carbonyl (C=O) groups excluding carboxylic acids is 1. The minimum Gasteiger partial charge on any atom is -0.459 e. The lowest BCUT2D eigenvalue weighted by Gasteiger charge is -2.05. The summed E-state index contributed by atoms with van der Waals surface area (Å²) < 4.78 is 9.18. The Balaban J connectivity index is 2.21. The summed E-state index contributed by atoms with van der Waals surface area (Å²) in [7, 11) is 0. The predicted octanol–water partition coefficient (Wildman–Crippen LogP) is -0.00120. The van der Waals surface area contributed by atoms with Crippen molar-refractivity contribution in [2.45, 2.75) is 13.0 Å². The van der Waals surface area contributed by atoms with E-state index in [1.807, 2.05) is 0 Å². The SMILES string of the molecule is CC(O)COC(=O)c1ccc2c(c1)no[n+]2[O-]. The molecule has 0 amide bonds. The first-order valence-electron chi connectivity index (χ1n) is 4.92. The van der Waals surface area contributed by atoms with Gasteiger partial charge >= 0.3 is 5.97 Å². The van der Waals surface area contributed by atoms with Crippen LogP contribution in [0.2, 0.25) is 0 Å². The number of hydrogen-bond acceptors (Lipinski definition) is 6. The fourth-order valence-corrected chi connectivity index (χ4v) is 1.28. The van der Waals surface area contributed by atoms with E-state index in [4.69, 9.17) is 9.84 Å². The molecule has 0 saturated carbocycles. The van der Waals surface area contributed by atoms with Gasteiger partial charge < -0.3 is 15.1 Å². The normalized spacial score (nSPS) is 12.6. The minimum absolute atomic E-state index is 0.0861. The number of hydrogen-bond donors (Lipinski definition) is 1. The summed E-state index contributed by atoms with van der Waals surface area (Å²) in [5.74, 6) is -0.590. The van der Waals surface area contributed by atoms with Gasteiger partial charge in [-0.25, -0.2) is 4.79 Å². The summed E-state index contributed by atoms with van der Waals surface area (Å²) in [4.78, 5) is 11.8. The number of aliphatic hydroxyl groups is 1. The molecule has 0 spiro atoms. The Bertz CT molecular complexity index is 549. The zero-order valence-corrected chi connectivity index (χ0v) is 8.99. The lowest BCUT2D eigenvalue weighted by molar-refractivity contribution is -0.782. The van der Waals surface area contributed by atoms with Crippen LogP contribution in [0.4, 0.5) is 0 Å². The van der Waals surface area contributed by atoms with Crippen LogP contribution in [0.1, 0.15) is 17.3 Å². The van der Waals surface area contributed by atoms with Gasteiger partial charge in [0.05, 0.1) is 11.7 Å². The number of esters is 1. The molecular formula is C10H10N2O5. The first-order chi connectivity index (χ1) is 8.08. The van der Waals surface area contributed by atoms with E-state index in [0.717, 1.165) is 0 Å². The smallest absolute Gasteiger partial charge is 0.338 e. The average molecular weight is 238 g/mol. The quantitative estimate of drug-likeness (QED) is 0.596. The van der Waals surface area contributed by atoms with Gasteiger partial charge in [0, 0.05) is 11.2 Å². The fraction of sp³-hybridized carbons (Fsp3) is 0.300. The second-order valence-electron chi connectivity index (χ2n) is 3.58. The topological polar surface area (TPSA) is 99.5 Å². The van der Waals surface area contributed by atoms with E-state index >= 15 is 0 Å². The van der Waals surface area contributed by atoms with Crippen molar-refractivity contribution < 1.29 is 24.2 Å². The van der Waals surface area contributed by atoms with Gasteiger partial charge in [-0.3, -0.25) is 4.63 Å². The fourth-order valence-electron chi connectivity index (χ4n) is 1.28. The van der Waals surface area contributed by atoms with Crippen molar-refractivity contribution in [2.24, 2.45) is 0 Å². The number of nitrogens with zero attached hydrogens (tertiary/aromatic N) is 2. The van der Waals surface area contributed by atoms with Crippen LogP contribution in [0.25, 0.3) is 11.0 Å². The molecule has 2 aromatic rings. The van der Waals surface area contributed by atoms with Crippen molar-refractivity contribution in [2.75, 3.05) is 6.61 Å². The Hall–Kier alpha value is -2.15. The van der Waals surface area contributed by atoms with Crippen LogP contribution >= 0.6 is 0 Å². The van der Waals surface area contributed by atoms with Gasteiger partial charge in [0.25, 0.3) is 0 Å².